The quantitative estimate of drug-likeness (QED) is 0.378. The highest BCUT2D eigenvalue weighted by Gasteiger charge is 2.12. The maximum absolute atomic E-state index is 5.38. The van der Waals surface area contributed by atoms with Crippen LogP contribution in [0.25, 0.3) is 22.5 Å². The lowest BCUT2D eigenvalue weighted by atomic mass is 10.1. The molecule has 4 aromatic heterocycles. The zero-order valence-electron chi connectivity index (χ0n) is 12.1. The predicted molar refractivity (Wildman–Crippen MR) is 92.6 cm³/mol. The summed E-state index contributed by atoms with van der Waals surface area (Å²) in [6.07, 6.45) is 10.8. The molecule has 0 bridgehead atoms. The fourth-order valence-electron chi connectivity index (χ4n) is 2.37. The molecule has 0 spiro atoms. The van der Waals surface area contributed by atoms with Gasteiger partial charge >= 0.3 is 0 Å². The molecule has 0 N–H and O–H groups in total. The van der Waals surface area contributed by atoms with Crippen LogP contribution >= 0.6 is 22.6 Å². The van der Waals surface area contributed by atoms with Crippen molar-refractivity contribution in [2.24, 2.45) is 0 Å². The molecule has 0 unspecified atom stereocenters. The summed E-state index contributed by atoms with van der Waals surface area (Å²) in [5.41, 5.74) is 3.38. The van der Waals surface area contributed by atoms with E-state index >= 15 is 0 Å². The van der Waals surface area contributed by atoms with Crippen molar-refractivity contribution in [1.29, 1.82) is 0 Å². The third kappa shape index (κ3) is 2.44. The average Bonchev–Trinajstić information content (AvgIpc) is 3.21. The maximum atomic E-state index is 5.38. The van der Waals surface area contributed by atoms with Gasteiger partial charge in [0.05, 0.1) is 19.5 Å². The summed E-state index contributed by atoms with van der Waals surface area (Å²) < 4.78 is 9.76. The Morgan fingerprint density at radius 1 is 1.13 bits per heavy atom. The summed E-state index contributed by atoms with van der Waals surface area (Å²) in [4.78, 5) is 8.67. The molecule has 8 heteroatoms. The largest absolute Gasteiger partial charge is 0.496 e. The van der Waals surface area contributed by atoms with Crippen molar-refractivity contribution >= 4 is 28.2 Å². The van der Waals surface area contributed by atoms with Crippen LogP contribution in [0.4, 0.5) is 0 Å². The number of hydrogen-bond acceptors (Lipinski definition) is 5. The predicted octanol–water partition coefficient (Wildman–Crippen LogP) is 2.59. The molecule has 0 aliphatic carbocycles. The van der Waals surface area contributed by atoms with Crippen LogP contribution in [0.1, 0.15) is 0 Å². The lowest BCUT2D eigenvalue weighted by Gasteiger charge is -2.04. The van der Waals surface area contributed by atoms with E-state index < -0.39 is 0 Å². The van der Waals surface area contributed by atoms with E-state index in [1.165, 1.54) is 0 Å². The van der Waals surface area contributed by atoms with E-state index in [-0.39, 0.29) is 0 Å². The Hall–Kier alpha value is -2.49. The molecule has 0 amide bonds. The first-order valence-corrected chi connectivity index (χ1v) is 7.87. The molecule has 23 heavy (non-hydrogen) atoms. The number of ether oxygens (including phenoxy) is 1. The number of methoxy groups -OCH3 is 1. The number of hydrogen-bond donors (Lipinski definition) is 0. The van der Waals surface area contributed by atoms with Crippen molar-refractivity contribution in [1.82, 2.24) is 29.4 Å². The van der Waals surface area contributed by atoms with E-state index in [0.717, 1.165) is 31.9 Å². The first-order chi connectivity index (χ1) is 11.3. The van der Waals surface area contributed by atoms with Gasteiger partial charge in [0.2, 0.25) is 0 Å². The molecule has 4 aromatic rings. The normalized spacial score (nSPS) is 11.0. The number of halogens is 1. The summed E-state index contributed by atoms with van der Waals surface area (Å²) >= 11 is 2.18. The highest BCUT2D eigenvalue weighted by atomic mass is 127. The van der Waals surface area contributed by atoms with E-state index in [1.807, 2.05) is 24.5 Å². The van der Waals surface area contributed by atoms with Crippen LogP contribution in [-0.2, 0) is 0 Å². The topological polar surface area (TPSA) is 70.1 Å². The van der Waals surface area contributed by atoms with Gasteiger partial charge in [-0.1, -0.05) is 0 Å². The van der Waals surface area contributed by atoms with Gasteiger partial charge in [0.1, 0.15) is 15.1 Å². The summed E-state index contributed by atoms with van der Waals surface area (Å²) in [5.74, 6) is 0.757. The Balaban J connectivity index is 1.82. The average molecular weight is 418 g/mol. The molecular weight excluding hydrogens is 407 g/mol. The molecule has 4 heterocycles. The number of nitrogens with zero attached hydrogens (tertiary/aromatic N) is 6. The SMILES string of the molecule is COc1ccncc1-c1cnn(-c2cnn3ccc(I)nc23)c1. The highest BCUT2D eigenvalue weighted by molar-refractivity contribution is 14.1. The van der Waals surface area contributed by atoms with Crippen molar-refractivity contribution in [2.45, 2.75) is 0 Å². The molecule has 7 nitrogen and oxygen atoms in total. The lowest BCUT2D eigenvalue weighted by molar-refractivity contribution is 0.416. The Morgan fingerprint density at radius 3 is 2.91 bits per heavy atom. The van der Waals surface area contributed by atoms with Gasteiger partial charge in [-0.15, -0.1) is 0 Å². The Bertz CT molecular complexity index is 992. The smallest absolute Gasteiger partial charge is 0.182 e. The van der Waals surface area contributed by atoms with Crippen molar-refractivity contribution in [3.63, 3.8) is 0 Å². The van der Waals surface area contributed by atoms with E-state index in [1.54, 1.807) is 41.1 Å². The number of aromatic nitrogens is 6. The fourth-order valence-corrected chi connectivity index (χ4v) is 2.76. The number of fused-ring (bicyclic) bond motifs is 1. The van der Waals surface area contributed by atoms with Gasteiger partial charge in [0.15, 0.2) is 5.65 Å². The zero-order valence-corrected chi connectivity index (χ0v) is 14.2. The second-order valence-corrected chi connectivity index (χ2v) is 5.90. The van der Waals surface area contributed by atoms with Gasteiger partial charge in [0, 0.05) is 35.9 Å². The monoisotopic (exact) mass is 418 g/mol. The van der Waals surface area contributed by atoms with E-state index in [2.05, 4.69) is 42.8 Å². The van der Waals surface area contributed by atoms with Gasteiger partial charge in [-0.3, -0.25) is 4.98 Å². The van der Waals surface area contributed by atoms with E-state index in [0.29, 0.717) is 0 Å². The van der Waals surface area contributed by atoms with Crippen LogP contribution in [0.2, 0.25) is 0 Å². The molecule has 0 saturated heterocycles. The molecule has 0 radical (unpaired) electrons. The second-order valence-electron chi connectivity index (χ2n) is 4.80. The van der Waals surface area contributed by atoms with Crippen molar-refractivity contribution < 1.29 is 4.74 Å². The second kappa shape index (κ2) is 5.61. The van der Waals surface area contributed by atoms with Crippen LogP contribution in [0.5, 0.6) is 5.75 Å². The first kappa shape index (κ1) is 14.1. The Morgan fingerprint density at radius 2 is 2.04 bits per heavy atom. The molecule has 0 fully saturated rings. The molecule has 0 saturated carbocycles. The zero-order chi connectivity index (χ0) is 15.8. The van der Waals surface area contributed by atoms with Crippen LogP contribution in [-0.4, -0.2) is 36.5 Å². The standard InChI is InChI=1S/C15H11IN6O/c1-23-13-2-4-17-7-11(13)10-6-18-22(9-10)12-8-19-21-5-3-14(16)20-15(12)21/h2-9H,1H3. The molecule has 4 rings (SSSR count). The maximum Gasteiger partial charge on any atom is 0.182 e. The Kier molecular flexibility index (Phi) is 3.45. The van der Waals surface area contributed by atoms with Crippen LogP contribution in [0.3, 0.4) is 0 Å². The van der Waals surface area contributed by atoms with Crippen molar-refractivity contribution in [3.8, 4) is 22.6 Å². The fraction of sp³-hybridized carbons (Fsp3) is 0.0667. The summed E-state index contributed by atoms with van der Waals surface area (Å²) in [5, 5.41) is 8.73. The summed E-state index contributed by atoms with van der Waals surface area (Å²) in [6, 6.07) is 3.73. The van der Waals surface area contributed by atoms with E-state index in [9.17, 15) is 0 Å². The van der Waals surface area contributed by atoms with Gasteiger partial charge in [-0.2, -0.15) is 10.2 Å². The molecular formula is C15H11IN6O. The molecule has 0 aromatic carbocycles. The lowest BCUT2D eigenvalue weighted by Crippen LogP contribution is -1.97. The third-order valence-electron chi connectivity index (χ3n) is 3.46. The minimum atomic E-state index is 0.754. The number of pyridine rings is 1. The van der Waals surface area contributed by atoms with Gasteiger partial charge in [-0.25, -0.2) is 14.2 Å². The molecule has 0 aliphatic heterocycles. The Labute approximate surface area is 145 Å². The molecule has 0 atom stereocenters. The van der Waals surface area contributed by atoms with Crippen LogP contribution < -0.4 is 4.74 Å². The van der Waals surface area contributed by atoms with Gasteiger partial charge in [-0.05, 0) is 34.7 Å². The number of rotatable bonds is 3. The van der Waals surface area contributed by atoms with E-state index in [4.69, 9.17) is 4.74 Å². The molecule has 0 aliphatic rings. The first-order valence-electron chi connectivity index (χ1n) is 6.79. The van der Waals surface area contributed by atoms with Crippen LogP contribution in [0, 0.1) is 3.70 Å². The van der Waals surface area contributed by atoms with Crippen molar-refractivity contribution in [2.75, 3.05) is 7.11 Å². The van der Waals surface area contributed by atoms with Crippen molar-refractivity contribution in [3.05, 3.63) is 53.0 Å². The minimum Gasteiger partial charge on any atom is -0.496 e. The summed E-state index contributed by atoms with van der Waals surface area (Å²) in [7, 11) is 1.64. The van der Waals surface area contributed by atoms with Gasteiger partial charge < -0.3 is 4.74 Å². The van der Waals surface area contributed by atoms with Gasteiger partial charge in [0.25, 0.3) is 0 Å². The third-order valence-corrected chi connectivity index (χ3v) is 4.06. The summed E-state index contributed by atoms with van der Waals surface area (Å²) in [6.45, 7) is 0. The highest BCUT2D eigenvalue weighted by Crippen LogP contribution is 2.29. The molecule has 114 valence electrons. The van der Waals surface area contributed by atoms with Crippen LogP contribution in [0.15, 0.2) is 49.3 Å². The minimum absolute atomic E-state index is 0.754.